The van der Waals surface area contributed by atoms with Crippen LogP contribution < -0.4 is 0 Å². The molecule has 0 bridgehead atoms. The van der Waals surface area contributed by atoms with E-state index in [-0.39, 0.29) is 6.10 Å². The van der Waals surface area contributed by atoms with Crippen LogP contribution in [-0.4, -0.2) is 30.4 Å². The van der Waals surface area contributed by atoms with Crippen molar-refractivity contribution in [2.24, 2.45) is 0 Å². The quantitative estimate of drug-likeness (QED) is 0.296. The number of esters is 1. The third-order valence-electron chi connectivity index (χ3n) is 1.00. The number of carbonyl (C=O) groups excluding carboxylic acids is 1. The van der Waals surface area contributed by atoms with E-state index in [0.717, 1.165) is 6.34 Å². The molecule has 0 aromatic heterocycles. The number of carbonyl (C=O) groups is 1. The first-order valence-corrected chi connectivity index (χ1v) is 3.67. The molecule has 0 aliphatic rings. The summed E-state index contributed by atoms with van der Waals surface area (Å²) >= 11 is 0. The Kier molecular flexibility index (Phi) is 4.76. The van der Waals surface area contributed by atoms with Gasteiger partial charge < -0.3 is 9.64 Å². The van der Waals surface area contributed by atoms with Crippen molar-refractivity contribution in [2.45, 2.75) is 20.0 Å². The first-order valence-electron chi connectivity index (χ1n) is 3.67. The summed E-state index contributed by atoms with van der Waals surface area (Å²) in [4.78, 5) is 12.3. The van der Waals surface area contributed by atoms with Crippen LogP contribution in [0.2, 0.25) is 0 Å². The average Bonchev–Trinajstić information content (AvgIpc) is 1.99. The summed E-state index contributed by atoms with van der Waals surface area (Å²) in [6, 6.07) is 0. The Morgan fingerprint density at radius 3 is 2.58 bits per heavy atom. The molecule has 0 radical (unpaired) electrons. The zero-order valence-corrected chi connectivity index (χ0v) is 7.57. The van der Waals surface area contributed by atoms with Crippen molar-refractivity contribution in [3.63, 3.8) is 0 Å². The van der Waals surface area contributed by atoms with E-state index in [0.29, 0.717) is 0 Å². The van der Waals surface area contributed by atoms with Crippen molar-refractivity contribution < 1.29 is 9.53 Å². The predicted octanol–water partition coefficient (Wildman–Crippen LogP) is 0.991. The van der Waals surface area contributed by atoms with Gasteiger partial charge in [0.25, 0.3) is 0 Å². The number of nitrogens with zero attached hydrogens (tertiary/aromatic N) is 1. The molecule has 0 aliphatic carbocycles. The van der Waals surface area contributed by atoms with Crippen molar-refractivity contribution in [3.05, 3.63) is 12.3 Å². The number of nitrogens with one attached hydrogen (secondary N) is 1. The maximum absolute atomic E-state index is 10.9. The molecule has 0 rings (SSSR count). The molecule has 0 saturated heterocycles. The smallest absolute Gasteiger partial charge is 0.332 e. The Bertz CT molecular complexity index is 187. The molecule has 0 aromatic rings. The second-order valence-electron chi connectivity index (χ2n) is 2.60. The van der Waals surface area contributed by atoms with Crippen LogP contribution in [0.4, 0.5) is 0 Å². The first kappa shape index (κ1) is 10.7. The first-order chi connectivity index (χ1) is 5.56. The number of ether oxygens (including phenoxy) is 1. The van der Waals surface area contributed by atoms with Gasteiger partial charge in [0.15, 0.2) is 0 Å². The van der Waals surface area contributed by atoms with E-state index in [2.05, 4.69) is 0 Å². The lowest BCUT2D eigenvalue weighted by Crippen LogP contribution is -2.11. The highest BCUT2D eigenvalue weighted by Crippen LogP contribution is 1.90. The van der Waals surface area contributed by atoms with E-state index in [1.54, 1.807) is 20.9 Å². The molecule has 0 fully saturated rings. The Balaban J connectivity index is 3.83. The molecule has 0 atom stereocenters. The predicted molar refractivity (Wildman–Crippen MR) is 46.9 cm³/mol. The topological polar surface area (TPSA) is 53.4 Å². The van der Waals surface area contributed by atoms with Crippen LogP contribution in [0.1, 0.15) is 13.8 Å². The van der Waals surface area contributed by atoms with E-state index in [9.17, 15) is 4.79 Å². The zero-order chi connectivity index (χ0) is 9.56. The van der Waals surface area contributed by atoms with Gasteiger partial charge in [-0.2, -0.15) is 0 Å². The molecule has 0 saturated carbocycles. The minimum absolute atomic E-state index is 0.104. The van der Waals surface area contributed by atoms with Crippen LogP contribution in [0.3, 0.4) is 0 Å². The molecule has 0 amide bonds. The minimum atomic E-state index is -0.390. The van der Waals surface area contributed by atoms with E-state index < -0.39 is 5.97 Å². The molecule has 4 heteroatoms. The molecule has 1 N–H and O–H groups in total. The normalized spacial score (nSPS) is 10.3. The summed E-state index contributed by atoms with van der Waals surface area (Å²) < 4.78 is 4.82. The Morgan fingerprint density at radius 2 is 2.17 bits per heavy atom. The fourth-order valence-electron chi connectivity index (χ4n) is 0.493. The highest BCUT2D eigenvalue weighted by molar-refractivity contribution is 5.82. The van der Waals surface area contributed by atoms with Crippen LogP contribution in [0, 0.1) is 5.41 Å². The molecule has 0 aliphatic heterocycles. The van der Waals surface area contributed by atoms with E-state index >= 15 is 0 Å². The molecule has 0 aromatic carbocycles. The highest BCUT2D eigenvalue weighted by Gasteiger charge is 1.99. The lowest BCUT2D eigenvalue weighted by molar-refractivity contribution is -0.141. The lowest BCUT2D eigenvalue weighted by atomic mass is 10.5. The third-order valence-corrected chi connectivity index (χ3v) is 1.00. The number of hydrogen-bond donors (Lipinski definition) is 1. The van der Waals surface area contributed by atoms with Crippen molar-refractivity contribution >= 4 is 12.3 Å². The Labute approximate surface area is 72.3 Å². The highest BCUT2D eigenvalue weighted by atomic mass is 16.5. The van der Waals surface area contributed by atoms with Gasteiger partial charge in [0, 0.05) is 19.3 Å². The fraction of sp³-hybridized carbons (Fsp3) is 0.500. The molecule has 12 heavy (non-hydrogen) atoms. The third kappa shape index (κ3) is 5.46. The summed E-state index contributed by atoms with van der Waals surface area (Å²) in [6.45, 7) is 3.57. The monoisotopic (exact) mass is 170 g/mol. The molecular weight excluding hydrogens is 156 g/mol. The minimum Gasteiger partial charge on any atom is -0.460 e. The van der Waals surface area contributed by atoms with E-state index in [4.69, 9.17) is 10.1 Å². The standard InChI is InChI=1S/C8H14N2O2/c1-7(2)12-8(11)4-5-10(3)6-9/h4-7,9H,1-3H3. The van der Waals surface area contributed by atoms with E-state index in [1.807, 2.05) is 0 Å². The second kappa shape index (κ2) is 5.35. The Hall–Kier alpha value is -1.32. The second-order valence-corrected chi connectivity index (χ2v) is 2.60. The summed E-state index contributed by atoms with van der Waals surface area (Å²) in [5, 5.41) is 6.79. The molecule has 0 unspecified atom stereocenters. The Morgan fingerprint density at radius 1 is 1.58 bits per heavy atom. The maximum Gasteiger partial charge on any atom is 0.332 e. The summed E-state index contributed by atoms with van der Waals surface area (Å²) in [6.07, 6.45) is 3.74. The van der Waals surface area contributed by atoms with Crippen molar-refractivity contribution in [1.82, 2.24) is 4.90 Å². The van der Waals surface area contributed by atoms with Gasteiger partial charge in [-0.15, -0.1) is 0 Å². The molecule has 0 heterocycles. The van der Waals surface area contributed by atoms with E-state index in [1.165, 1.54) is 17.2 Å². The molecule has 4 nitrogen and oxygen atoms in total. The number of hydrogen-bond acceptors (Lipinski definition) is 3. The number of rotatable bonds is 4. The van der Waals surface area contributed by atoms with Gasteiger partial charge in [-0.05, 0) is 13.8 Å². The largest absolute Gasteiger partial charge is 0.460 e. The lowest BCUT2D eigenvalue weighted by Gasteiger charge is -2.06. The summed E-state index contributed by atoms with van der Waals surface area (Å²) in [5.74, 6) is -0.390. The van der Waals surface area contributed by atoms with Crippen molar-refractivity contribution in [1.29, 1.82) is 5.41 Å². The SMILES string of the molecule is CC(C)OC(=O)C=CN(C)C=N. The van der Waals surface area contributed by atoms with Crippen LogP contribution in [0.15, 0.2) is 12.3 Å². The van der Waals surface area contributed by atoms with Crippen LogP contribution in [0.25, 0.3) is 0 Å². The van der Waals surface area contributed by atoms with Gasteiger partial charge >= 0.3 is 5.97 Å². The summed E-state index contributed by atoms with van der Waals surface area (Å²) in [5.41, 5.74) is 0. The fourth-order valence-corrected chi connectivity index (χ4v) is 0.493. The average molecular weight is 170 g/mol. The van der Waals surface area contributed by atoms with Crippen LogP contribution >= 0.6 is 0 Å². The summed E-state index contributed by atoms with van der Waals surface area (Å²) in [7, 11) is 1.66. The maximum atomic E-state index is 10.9. The van der Waals surface area contributed by atoms with Crippen molar-refractivity contribution in [2.75, 3.05) is 7.05 Å². The molecular formula is C8H14N2O2. The van der Waals surface area contributed by atoms with Gasteiger partial charge in [-0.3, -0.25) is 5.41 Å². The van der Waals surface area contributed by atoms with Gasteiger partial charge in [0.05, 0.1) is 12.4 Å². The van der Waals surface area contributed by atoms with Gasteiger partial charge in [0.2, 0.25) is 0 Å². The van der Waals surface area contributed by atoms with Gasteiger partial charge in [-0.25, -0.2) is 4.79 Å². The molecule has 68 valence electrons. The van der Waals surface area contributed by atoms with Gasteiger partial charge in [0.1, 0.15) is 0 Å². The van der Waals surface area contributed by atoms with Gasteiger partial charge in [-0.1, -0.05) is 0 Å². The van der Waals surface area contributed by atoms with Crippen molar-refractivity contribution in [3.8, 4) is 0 Å². The van der Waals surface area contributed by atoms with Crippen LogP contribution in [-0.2, 0) is 9.53 Å². The van der Waals surface area contributed by atoms with Crippen LogP contribution in [0.5, 0.6) is 0 Å². The molecule has 0 spiro atoms. The zero-order valence-electron chi connectivity index (χ0n) is 7.57.